The Kier molecular flexibility index (Phi) is 5.33. The number of amides is 1. The summed E-state index contributed by atoms with van der Waals surface area (Å²) in [6.45, 7) is 6.30. The summed E-state index contributed by atoms with van der Waals surface area (Å²) in [5, 5.41) is 11.0. The molecule has 0 rings (SSSR count). The topological polar surface area (TPSA) is 49.3 Å². The Hall–Kier alpha value is -0.280. The van der Waals surface area contributed by atoms with Gasteiger partial charge in [-0.15, -0.1) is 11.6 Å². The second-order valence-electron chi connectivity index (χ2n) is 3.97. The Labute approximate surface area is 84.5 Å². The highest BCUT2D eigenvalue weighted by Gasteiger charge is 2.19. The summed E-state index contributed by atoms with van der Waals surface area (Å²) in [7, 11) is 0. The van der Waals surface area contributed by atoms with Crippen LogP contribution in [0, 0.1) is 5.41 Å². The van der Waals surface area contributed by atoms with Gasteiger partial charge in [-0.1, -0.05) is 13.8 Å². The van der Waals surface area contributed by atoms with E-state index in [9.17, 15) is 4.79 Å². The van der Waals surface area contributed by atoms with Crippen molar-refractivity contribution >= 4 is 17.5 Å². The number of hydrogen-bond acceptors (Lipinski definition) is 2. The number of aliphatic hydroxyl groups is 1. The SMILES string of the molecule is CC(Cl)C(=O)NCC(C)(C)CCO. The van der Waals surface area contributed by atoms with Gasteiger partial charge in [0.1, 0.15) is 5.38 Å². The van der Waals surface area contributed by atoms with Gasteiger partial charge in [0, 0.05) is 13.2 Å². The lowest BCUT2D eigenvalue weighted by Crippen LogP contribution is -2.37. The van der Waals surface area contributed by atoms with E-state index >= 15 is 0 Å². The van der Waals surface area contributed by atoms with Crippen LogP contribution in [0.1, 0.15) is 27.2 Å². The number of rotatable bonds is 5. The van der Waals surface area contributed by atoms with Crippen molar-refractivity contribution in [2.75, 3.05) is 13.2 Å². The largest absolute Gasteiger partial charge is 0.396 e. The normalized spacial score (nSPS) is 13.9. The Bertz CT molecular complexity index is 169. The Morgan fingerprint density at radius 3 is 2.54 bits per heavy atom. The number of alkyl halides is 1. The van der Waals surface area contributed by atoms with E-state index in [0.717, 1.165) is 0 Å². The third-order valence-electron chi connectivity index (χ3n) is 1.89. The highest BCUT2D eigenvalue weighted by molar-refractivity contribution is 6.30. The predicted molar refractivity (Wildman–Crippen MR) is 53.8 cm³/mol. The average Bonchev–Trinajstić information content (AvgIpc) is 2.00. The Morgan fingerprint density at radius 2 is 2.15 bits per heavy atom. The molecule has 0 aliphatic heterocycles. The molecular weight excluding hydrogens is 190 g/mol. The van der Waals surface area contributed by atoms with Crippen molar-refractivity contribution in [3.8, 4) is 0 Å². The Morgan fingerprint density at radius 1 is 1.62 bits per heavy atom. The minimum absolute atomic E-state index is 0.0732. The van der Waals surface area contributed by atoms with Crippen molar-refractivity contribution < 1.29 is 9.90 Å². The lowest BCUT2D eigenvalue weighted by Gasteiger charge is -2.24. The molecule has 0 heterocycles. The molecule has 0 spiro atoms. The van der Waals surface area contributed by atoms with Crippen LogP contribution in [0.4, 0.5) is 0 Å². The summed E-state index contributed by atoms with van der Waals surface area (Å²) >= 11 is 5.57. The first-order valence-corrected chi connectivity index (χ1v) is 4.85. The molecule has 0 bridgehead atoms. The molecular formula is C9H18ClNO2. The van der Waals surface area contributed by atoms with Crippen molar-refractivity contribution in [1.29, 1.82) is 0 Å². The van der Waals surface area contributed by atoms with Crippen molar-refractivity contribution in [3.05, 3.63) is 0 Å². The van der Waals surface area contributed by atoms with Gasteiger partial charge in [-0.25, -0.2) is 0 Å². The van der Waals surface area contributed by atoms with Gasteiger partial charge in [-0.05, 0) is 18.8 Å². The minimum atomic E-state index is -0.495. The summed E-state index contributed by atoms with van der Waals surface area (Å²) in [5.41, 5.74) is -0.0732. The van der Waals surface area contributed by atoms with Crippen molar-refractivity contribution in [2.24, 2.45) is 5.41 Å². The maximum Gasteiger partial charge on any atom is 0.237 e. The second kappa shape index (κ2) is 5.45. The highest BCUT2D eigenvalue weighted by atomic mass is 35.5. The molecule has 78 valence electrons. The summed E-state index contributed by atoms with van der Waals surface area (Å²) in [4.78, 5) is 11.1. The van der Waals surface area contributed by atoms with Crippen LogP contribution in [0.3, 0.4) is 0 Å². The highest BCUT2D eigenvalue weighted by Crippen LogP contribution is 2.17. The molecule has 0 aliphatic carbocycles. The first kappa shape index (κ1) is 12.7. The summed E-state index contributed by atoms with van der Waals surface area (Å²) < 4.78 is 0. The molecule has 0 saturated carbocycles. The van der Waals surface area contributed by atoms with E-state index in [1.54, 1.807) is 6.92 Å². The summed E-state index contributed by atoms with van der Waals surface area (Å²) in [6.07, 6.45) is 0.671. The maximum absolute atomic E-state index is 11.1. The van der Waals surface area contributed by atoms with E-state index in [0.29, 0.717) is 13.0 Å². The van der Waals surface area contributed by atoms with Crippen molar-refractivity contribution in [2.45, 2.75) is 32.6 Å². The predicted octanol–water partition coefficient (Wildman–Crippen LogP) is 1.14. The zero-order valence-electron chi connectivity index (χ0n) is 8.43. The van der Waals surface area contributed by atoms with Crippen LogP contribution in [-0.4, -0.2) is 29.5 Å². The third kappa shape index (κ3) is 5.88. The van der Waals surface area contributed by atoms with Crippen molar-refractivity contribution in [3.63, 3.8) is 0 Å². The molecule has 0 aromatic carbocycles. The van der Waals surface area contributed by atoms with Gasteiger partial charge in [-0.2, -0.15) is 0 Å². The second-order valence-corrected chi connectivity index (χ2v) is 4.63. The number of aliphatic hydroxyl groups excluding tert-OH is 1. The molecule has 0 saturated heterocycles. The van der Waals surface area contributed by atoms with E-state index in [-0.39, 0.29) is 17.9 Å². The molecule has 13 heavy (non-hydrogen) atoms. The van der Waals surface area contributed by atoms with Crippen LogP contribution in [0.15, 0.2) is 0 Å². The van der Waals surface area contributed by atoms with Gasteiger partial charge >= 0.3 is 0 Å². The van der Waals surface area contributed by atoms with Gasteiger partial charge in [0.2, 0.25) is 5.91 Å². The molecule has 0 aliphatic rings. The Balaban J connectivity index is 3.80. The molecule has 1 unspecified atom stereocenters. The number of carbonyl (C=O) groups is 1. The monoisotopic (exact) mass is 207 g/mol. The number of carbonyl (C=O) groups excluding carboxylic acids is 1. The zero-order chi connectivity index (χ0) is 10.5. The van der Waals surface area contributed by atoms with Crippen molar-refractivity contribution in [1.82, 2.24) is 5.32 Å². The number of hydrogen-bond donors (Lipinski definition) is 2. The van der Waals surface area contributed by atoms with E-state index in [2.05, 4.69) is 5.32 Å². The quantitative estimate of drug-likeness (QED) is 0.665. The van der Waals surface area contributed by atoms with Crippen LogP contribution < -0.4 is 5.32 Å². The lowest BCUT2D eigenvalue weighted by molar-refractivity contribution is -0.120. The molecule has 0 aromatic heterocycles. The van der Waals surface area contributed by atoms with Crippen LogP contribution >= 0.6 is 11.6 Å². The molecule has 3 nitrogen and oxygen atoms in total. The standard InChI is InChI=1S/C9H18ClNO2/c1-7(10)8(13)11-6-9(2,3)4-5-12/h7,12H,4-6H2,1-3H3,(H,11,13). The molecule has 4 heteroatoms. The lowest BCUT2D eigenvalue weighted by atomic mass is 9.90. The fourth-order valence-electron chi connectivity index (χ4n) is 0.858. The molecule has 0 aromatic rings. The molecule has 1 atom stereocenters. The van der Waals surface area contributed by atoms with Gasteiger partial charge in [0.05, 0.1) is 0 Å². The van der Waals surface area contributed by atoms with Crippen LogP contribution in [0.2, 0.25) is 0 Å². The molecule has 0 radical (unpaired) electrons. The third-order valence-corrected chi connectivity index (χ3v) is 2.09. The minimum Gasteiger partial charge on any atom is -0.396 e. The van der Waals surface area contributed by atoms with Gasteiger partial charge in [0.15, 0.2) is 0 Å². The summed E-state index contributed by atoms with van der Waals surface area (Å²) in [6, 6.07) is 0. The van der Waals surface area contributed by atoms with Gasteiger partial charge in [-0.3, -0.25) is 4.79 Å². The first-order valence-electron chi connectivity index (χ1n) is 4.42. The van der Waals surface area contributed by atoms with Crippen LogP contribution in [0.25, 0.3) is 0 Å². The molecule has 1 amide bonds. The molecule has 0 fully saturated rings. The van der Waals surface area contributed by atoms with Gasteiger partial charge in [0.25, 0.3) is 0 Å². The van der Waals surface area contributed by atoms with E-state index in [1.807, 2.05) is 13.8 Å². The first-order chi connectivity index (χ1) is 5.89. The fourth-order valence-corrected chi connectivity index (χ4v) is 0.935. The maximum atomic E-state index is 11.1. The van der Waals surface area contributed by atoms with Crippen LogP contribution in [-0.2, 0) is 4.79 Å². The van der Waals surface area contributed by atoms with E-state index in [1.165, 1.54) is 0 Å². The smallest absolute Gasteiger partial charge is 0.237 e. The van der Waals surface area contributed by atoms with E-state index < -0.39 is 5.38 Å². The van der Waals surface area contributed by atoms with Crippen LogP contribution in [0.5, 0.6) is 0 Å². The number of nitrogens with one attached hydrogen (secondary N) is 1. The van der Waals surface area contributed by atoms with Gasteiger partial charge < -0.3 is 10.4 Å². The number of halogens is 1. The zero-order valence-corrected chi connectivity index (χ0v) is 9.19. The summed E-state index contributed by atoms with van der Waals surface area (Å²) in [5.74, 6) is -0.160. The fraction of sp³-hybridized carbons (Fsp3) is 0.889. The average molecular weight is 208 g/mol. The van der Waals surface area contributed by atoms with E-state index in [4.69, 9.17) is 16.7 Å². The molecule has 2 N–H and O–H groups in total.